The number of carboxylic acids is 1. The van der Waals surface area contributed by atoms with E-state index in [1.54, 1.807) is 26.0 Å². The Bertz CT molecular complexity index is 418. The fourth-order valence-electron chi connectivity index (χ4n) is 1.72. The zero-order valence-corrected chi connectivity index (χ0v) is 11.0. The van der Waals surface area contributed by atoms with Crippen LogP contribution in [-0.2, 0) is 4.79 Å². The Morgan fingerprint density at radius 1 is 1.29 bits per heavy atom. The molecule has 1 aromatic carbocycles. The molecule has 0 saturated heterocycles. The minimum absolute atomic E-state index is 0.200. The molecule has 0 saturated carbocycles. The van der Waals surface area contributed by atoms with Crippen molar-refractivity contribution in [1.29, 1.82) is 0 Å². The number of carboxylic acid groups (broad SMARTS) is 1. The van der Waals surface area contributed by atoms with Crippen LogP contribution in [0, 0.1) is 11.8 Å². The summed E-state index contributed by atoms with van der Waals surface area (Å²) in [5, 5.41) is 19.9. The summed E-state index contributed by atoms with van der Waals surface area (Å²) < 4.78 is 0. The van der Waals surface area contributed by atoms with E-state index in [1.807, 2.05) is 0 Å². The van der Waals surface area contributed by atoms with Crippen molar-refractivity contribution in [2.75, 3.05) is 0 Å². The van der Waals surface area contributed by atoms with Crippen LogP contribution in [0.15, 0.2) is 18.2 Å². The average molecular weight is 277 g/mol. The maximum Gasteiger partial charge on any atom is 0.309 e. The number of halogens is 2. The van der Waals surface area contributed by atoms with Crippen molar-refractivity contribution in [3.05, 3.63) is 33.8 Å². The second-order valence-electron chi connectivity index (χ2n) is 4.22. The van der Waals surface area contributed by atoms with Gasteiger partial charge in [-0.3, -0.25) is 4.79 Å². The van der Waals surface area contributed by atoms with Gasteiger partial charge in [-0.25, -0.2) is 0 Å². The highest BCUT2D eigenvalue weighted by Crippen LogP contribution is 2.33. The van der Waals surface area contributed by atoms with Gasteiger partial charge in [-0.05, 0) is 18.1 Å². The molecule has 1 rings (SSSR count). The molecule has 0 heterocycles. The van der Waals surface area contributed by atoms with E-state index in [1.165, 1.54) is 6.07 Å². The van der Waals surface area contributed by atoms with E-state index >= 15 is 0 Å². The van der Waals surface area contributed by atoms with Crippen LogP contribution in [0.2, 0.25) is 10.0 Å². The zero-order chi connectivity index (χ0) is 13.2. The molecular weight excluding hydrogens is 263 g/mol. The van der Waals surface area contributed by atoms with Gasteiger partial charge >= 0.3 is 5.97 Å². The third kappa shape index (κ3) is 3.35. The van der Waals surface area contributed by atoms with Crippen molar-refractivity contribution >= 4 is 29.2 Å². The maximum atomic E-state index is 11.1. The molecule has 0 fully saturated rings. The quantitative estimate of drug-likeness (QED) is 0.886. The van der Waals surface area contributed by atoms with Crippen LogP contribution in [0.25, 0.3) is 0 Å². The van der Waals surface area contributed by atoms with Crippen LogP contribution in [0.3, 0.4) is 0 Å². The molecule has 2 atom stereocenters. The molecule has 94 valence electrons. The first kappa shape index (κ1) is 14.3. The van der Waals surface area contributed by atoms with Crippen LogP contribution >= 0.6 is 23.2 Å². The molecule has 0 aromatic heterocycles. The molecule has 5 heteroatoms. The van der Waals surface area contributed by atoms with Crippen LogP contribution in [0.5, 0.6) is 0 Å². The first-order valence-corrected chi connectivity index (χ1v) is 5.96. The Morgan fingerprint density at radius 3 is 2.29 bits per heavy atom. The molecule has 0 spiro atoms. The Labute approximate surface area is 110 Å². The fraction of sp³-hybridized carbons (Fsp3) is 0.417. The third-order valence-corrected chi connectivity index (χ3v) is 3.19. The van der Waals surface area contributed by atoms with E-state index < -0.39 is 18.0 Å². The van der Waals surface area contributed by atoms with E-state index in [4.69, 9.17) is 28.3 Å². The molecule has 1 aromatic rings. The van der Waals surface area contributed by atoms with Gasteiger partial charge in [-0.2, -0.15) is 0 Å². The summed E-state index contributed by atoms with van der Waals surface area (Å²) in [5.41, 5.74) is 0.386. The van der Waals surface area contributed by atoms with Gasteiger partial charge < -0.3 is 10.2 Å². The van der Waals surface area contributed by atoms with Crippen molar-refractivity contribution < 1.29 is 15.0 Å². The fourth-order valence-corrected chi connectivity index (χ4v) is 2.24. The largest absolute Gasteiger partial charge is 0.481 e. The van der Waals surface area contributed by atoms with Crippen molar-refractivity contribution in [3.8, 4) is 0 Å². The molecule has 0 aliphatic heterocycles. The molecule has 2 unspecified atom stereocenters. The Morgan fingerprint density at radius 2 is 1.88 bits per heavy atom. The van der Waals surface area contributed by atoms with Gasteiger partial charge in [0.1, 0.15) is 0 Å². The highest BCUT2D eigenvalue weighted by atomic mass is 35.5. The predicted octanol–water partition coefficient (Wildman–Crippen LogP) is 3.38. The topological polar surface area (TPSA) is 57.5 Å². The second-order valence-corrected chi connectivity index (χ2v) is 5.06. The molecule has 0 bridgehead atoms. The van der Waals surface area contributed by atoms with Gasteiger partial charge in [-0.15, -0.1) is 0 Å². The number of aliphatic hydroxyl groups is 1. The van der Waals surface area contributed by atoms with E-state index in [-0.39, 0.29) is 10.9 Å². The van der Waals surface area contributed by atoms with E-state index in [9.17, 15) is 9.90 Å². The van der Waals surface area contributed by atoms with Crippen LogP contribution in [-0.4, -0.2) is 16.2 Å². The van der Waals surface area contributed by atoms with Crippen LogP contribution in [0.1, 0.15) is 25.5 Å². The Kier molecular flexibility index (Phi) is 4.80. The van der Waals surface area contributed by atoms with Gasteiger partial charge in [0.15, 0.2) is 0 Å². The molecule has 3 nitrogen and oxygen atoms in total. The van der Waals surface area contributed by atoms with E-state index in [2.05, 4.69) is 0 Å². The van der Waals surface area contributed by atoms with Crippen molar-refractivity contribution in [2.24, 2.45) is 11.8 Å². The highest BCUT2D eigenvalue weighted by Gasteiger charge is 2.31. The van der Waals surface area contributed by atoms with Crippen molar-refractivity contribution in [3.63, 3.8) is 0 Å². The molecule has 2 N–H and O–H groups in total. The summed E-state index contributed by atoms with van der Waals surface area (Å²) in [4.78, 5) is 11.1. The SMILES string of the molecule is CC(C)C(C(=O)O)C(O)c1ccc(Cl)cc1Cl. The summed E-state index contributed by atoms with van der Waals surface area (Å²) in [7, 11) is 0. The number of hydrogen-bond donors (Lipinski definition) is 2. The average Bonchev–Trinajstić information content (AvgIpc) is 2.15. The second kappa shape index (κ2) is 5.71. The molecule has 17 heavy (non-hydrogen) atoms. The summed E-state index contributed by atoms with van der Waals surface area (Å²) in [6.07, 6.45) is -1.14. The number of carbonyl (C=O) groups is 1. The molecule has 0 aliphatic rings. The lowest BCUT2D eigenvalue weighted by molar-refractivity contribution is -0.148. The van der Waals surface area contributed by atoms with Crippen LogP contribution < -0.4 is 0 Å². The minimum atomic E-state index is -1.14. The van der Waals surface area contributed by atoms with Gasteiger partial charge in [0, 0.05) is 15.6 Å². The zero-order valence-electron chi connectivity index (χ0n) is 9.52. The maximum absolute atomic E-state index is 11.1. The molecule has 0 aliphatic carbocycles. The van der Waals surface area contributed by atoms with Gasteiger partial charge in [0.2, 0.25) is 0 Å². The van der Waals surface area contributed by atoms with Crippen LogP contribution in [0.4, 0.5) is 0 Å². The normalized spacial score (nSPS) is 14.7. The van der Waals surface area contributed by atoms with Gasteiger partial charge in [0.05, 0.1) is 12.0 Å². The first-order valence-electron chi connectivity index (χ1n) is 5.20. The predicted molar refractivity (Wildman–Crippen MR) is 67.4 cm³/mol. The number of rotatable bonds is 4. The lowest BCUT2D eigenvalue weighted by Gasteiger charge is -2.23. The standard InChI is InChI=1S/C12H14Cl2O3/c1-6(2)10(12(16)17)11(15)8-4-3-7(13)5-9(8)14/h3-6,10-11,15H,1-2H3,(H,16,17). The van der Waals surface area contributed by atoms with E-state index in [0.29, 0.717) is 10.6 Å². The smallest absolute Gasteiger partial charge is 0.309 e. The lowest BCUT2D eigenvalue weighted by Crippen LogP contribution is -2.27. The molecule has 0 radical (unpaired) electrons. The summed E-state index contributed by atoms with van der Waals surface area (Å²) >= 11 is 11.7. The van der Waals surface area contributed by atoms with Crippen molar-refractivity contribution in [2.45, 2.75) is 20.0 Å². The summed E-state index contributed by atoms with van der Waals surface area (Å²) in [5.74, 6) is -2.14. The highest BCUT2D eigenvalue weighted by molar-refractivity contribution is 6.35. The Hall–Kier alpha value is -0.770. The van der Waals surface area contributed by atoms with E-state index in [0.717, 1.165) is 0 Å². The van der Waals surface area contributed by atoms with Crippen molar-refractivity contribution in [1.82, 2.24) is 0 Å². The number of aliphatic carboxylic acids is 1. The number of hydrogen-bond acceptors (Lipinski definition) is 2. The number of aliphatic hydroxyl groups excluding tert-OH is 1. The van der Waals surface area contributed by atoms with Gasteiger partial charge in [0.25, 0.3) is 0 Å². The first-order chi connectivity index (χ1) is 7.84. The minimum Gasteiger partial charge on any atom is -0.481 e. The molecular formula is C12H14Cl2O3. The summed E-state index contributed by atoms with van der Waals surface area (Å²) in [6.45, 7) is 3.48. The number of benzene rings is 1. The summed E-state index contributed by atoms with van der Waals surface area (Å²) in [6, 6.07) is 4.61. The Balaban J connectivity index is 3.09. The third-order valence-electron chi connectivity index (χ3n) is 2.62. The lowest BCUT2D eigenvalue weighted by atomic mass is 9.86. The monoisotopic (exact) mass is 276 g/mol. The van der Waals surface area contributed by atoms with Gasteiger partial charge in [-0.1, -0.05) is 43.1 Å². The molecule has 0 amide bonds.